The van der Waals surface area contributed by atoms with Crippen molar-refractivity contribution in [2.45, 2.75) is 13.0 Å². The summed E-state index contributed by atoms with van der Waals surface area (Å²) >= 11 is 0. The largest absolute Gasteiger partial charge is 0.539 e. The Balaban J connectivity index is 1.94. The molecule has 0 aliphatic rings. The highest BCUT2D eigenvalue weighted by molar-refractivity contribution is 5.26. The highest BCUT2D eigenvalue weighted by atomic mass is 16.6. The maximum atomic E-state index is 10.7. The lowest BCUT2D eigenvalue weighted by molar-refractivity contribution is -0.762. The van der Waals surface area contributed by atoms with Crippen LogP contribution in [0.25, 0.3) is 0 Å². The fourth-order valence-corrected chi connectivity index (χ4v) is 1.40. The van der Waals surface area contributed by atoms with Gasteiger partial charge < -0.3 is 14.4 Å². The van der Waals surface area contributed by atoms with Crippen molar-refractivity contribution < 1.29 is 19.0 Å². The fraction of sp³-hybridized carbons (Fsp3) is 0.273. The van der Waals surface area contributed by atoms with Crippen LogP contribution in [0, 0.1) is 0 Å². The van der Waals surface area contributed by atoms with Gasteiger partial charge in [0, 0.05) is 6.42 Å². The number of nitrogens with zero attached hydrogens (tertiary/aromatic N) is 2. The van der Waals surface area contributed by atoms with Crippen LogP contribution in [0.1, 0.15) is 5.56 Å². The van der Waals surface area contributed by atoms with E-state index in [0.717, 1.165) is 17.7 Å². The van der Waals surface area contributed by atoms with E-state index in [4.69, 9.17) is 4.74 Å². The standard InChI is InChI=1S/C11H12N2O3/c1-15-10-4-2-9(3-5-10)6-7-13-8-11(14)16-12-13/h2-5,8H,6-7H2,1H3. The minimum absolute atomic E-state index is 0.422. The molecule has 0 spiro atoms. The van der Waals surface area contributed by atoms with Gasteiger partial charge in [-0.05, 0) is 17.7 Å². The second-order valence-electron chi connectivity index (χ2n) is 3.38. The second-order valence-corrected chi connectivity index (χ2v) is 3.38. The summed E-state index contributed by atoms with van der Waals surface area (Å²) in [6.45, 7) is 0.623. The van der Waals surface area contributed by atoms with Crippen LogP contribution in [0.2, 0.25) is 0 Å². The summed E-state index contributed by atoms with van der Waals surface area (Å²) in [6, 6.07) is 7.78. The Labute approximate surface area is 92.9 Å². The van der Waals surface area contributed by atoms with Crippen LogP contribution in [-0.2, 0) is 13.0 Å². The molecule has 1 aromatic heterocycles. The Hall–Kier alpha value is -2.04. The van der Waals surface area contributed by atoms with Gasteiger partial charge in [0.1, 0.15) is 11.7 Å². The molecule has 0 aliphatic heterocycles. The predicted octanol–water partition coefficient (Wildman–Crippen LogP) is 0.287. The Kier molecular flexibility index (Phi) is 3.05. The van der Waals surface area contributed by atoms with Gasteiger partial charge in [0.15, 0.2) is 6.54 Å². The lowest BCUT2D eigenvalue weighted by Crippen LogP contribution is -2.35. The number of aryl methyl sites for hydroxylation is 2. The molecule has 84 valence electrons. The molecule has 0 fully saturated rings. The molecule has 5 nitrogen and oxygen atoms in total. The molecule has 0 N–H and O–H groups in total. The summed E-state index contributed by atoms with van der Waals surface area (Å²) in [7, 11) is 1.63. The highest BCUT2D eigenvalue weighted by Gasteiger charge is 2.04. The van der Waals surface area contributed by atoms with E-state index in [0.29, 0.717) is 6.54 Å². The number of hydrogen-bond donors (Lipinski definition) is 0. The number of benzene rings is 1. The van der Waals surface area contributed by atoms with Gasteiger partial charge in [-0.2, -0.15) is 0 Å². The lowest BCUT2D eigenvalue weighted by atomic mass is 10.1. The zero-order valence-electron chi connectivity index (χ0n) is 8.92. The molecule has 0 atom stereocenters. The van der Waals surface area contributed by atoms with Crippen molar-refractivity contribution in [1.82, 2.24) is 5.27 Å². The molecular weight excluding hydrogens is 208 g/mol. The maximum Gasteiger partial charge on any atom is 0.221 e. The van der Waals surface area contributed by atoms with Crippen molar-refractivity contribution in [3.8, 4) is 11.7 Å². The van der Waals surface area contributed by atoms with Crippen molar-refractivity contribution in [2.75, 3.05) is 7.11 Å². The van der Waals surface area contributed by atoms with Crippen molar-refractivity contribution >= 4 is 0 Å². The highest BCUT2D eigenvalue weighted by Crippen LogP contribution is 2.11. The van der Waals surface area contributed by atoms with Gasteiger partial charge in [0.2, 0.25) is 6.20 Å². The third-order valence-corrected chi connectivity index (χ3v) is 2.28. The predicted molar refractivity (Wildman–Crippen MR) is 52.8 cm³/mol. The zero-order chi connectivity index (χ0) is 11.4. The van der Waals surface area contributed by atoms with Crippen molar-refractivity contribution in [3.05, 3.63) is 36.0 Å². The quantitative estimate of drug-likeness (QED) is 0.695. The van der Waals surface area contributed by atoms with Gasteiger partial charge in [-0.15, -0.1) is 0 Å². The number of aromatic nitrogens is 2. The van der Waals surface area contributed by atoms with Crippen LogP contribution in [0.4, 0.5) is 0 Å². The van der Waals surface area contributed by atoms with Crippen molar-refractivity contribution in [1.29, 1.82) is 0 Å². The van der Waals surface area contributed by atoms with Gasteiger partial charge in [-0.3, -0.25) is 0 Å². The molecule has 1 aromatic carbocycles. The first-order valence-electron chi connectivity index (χ1n) is 4.94. The molecule has 0 unspecified atom stereocenters. The molecule has 0 aliphatic carbocycles. The molecule has 2 aromatic rings. The van der Waals surface area contributed by atoms with E-state index in [1.165, 1.54) is 10.9 Å². The zero-order valence-corrected chi connectivity index (χ0v) is 8.92. The summed E-state index contributed by atoms with van der Waals surface area (Å²) in [5.41, 5.74) is 1.16. The van der Waals surface area contributed by atoms with E-state index in [1.54, 1.807) is 7.11 Å². The van der Waals surface area contributed by atoms with Crippen LogP contribution in [0.3, 0.4) is 0 Å². The lowest BCUT2D eigenvalue weighted by Gasteiger charge is -2.00. The minimum atomic E-state index is -0.422. The second kappa shape index (κ2) is 4.65. The Bertz CT molecular complexity index is 451. The van der Waals surface area contributed by atoms with E-state index in [9.17, 15) is 5.11 Å². The first kappa shape index (κ1) is 10.5. The molecule has 0 radical (unpaired) electrons. The van der Waals surface area contributed by atoms with E-state index in [-0.39, 0.29) is 0 Å². The SMILES string of the molecule is COc1ccc(CC[n+]2cc([O-])on2)cc1. The molecule has 5 heteroatoms. The Morgan fingerprint density at radius 2 is 2.12 bits per heavy atom. The van der Waals surface area contributed by atoms with Crippen LogP contribution in [0.15, 0.2) is 35.0 Å². The summed E-state index contributed by atoms with van der Waals surface area (Å²) in [5, 5.41) is 14.3. The van der Waals surface area contributed by atoms with Crippen LogP contribution in [0.5, 0.6) is 11.7 Å². The molecule has 0 saturated heterocycles. The molecule has 16 heavy (non-hydrogen) atoms. The average molecular weight is 220 g/mol. The van der Waals surface area contributed by atoms with Gasteiger partial charge >= 0.3 is 0 Å². The molecule has 0 saturated carbocycles. The van der Waals surface area contributed by atoms with Gasteiger partial charge in [0.05, 0.1) is 12.4 Å². The van der Waals surface area contributed by atoms with E-state index in [1.807, 2.05) is 24.3 Å². The summed E-state index contributed by atoms with van der Waals surface area (Å²) in [4.78, 5) is 0. The van der Waals surface area contributed by atoms with E-state index < -0.39 is 5.95 Å². The maximum absolute atomic E-state index is 10.7. The van der Waals surface area contributed by atoms with Crippen molar-refractivity contribution in [3.63, 3.8) is 0 Å². The molecule has 0 amide bonds. The van der Waals surface area contributed by atoms with E-state index in [2.05, 4.69) is 9.79 Å². The topological polar surface area (TPSA) is 62.2 Å². The Morgan fingerprint density at radius 1 is 1.38 bits per heavy atom. The summed E-state index contributed by atoms with van der Waals surface area (Å²) in [5.74, 6) is 0.411. The number of ether oxygens (including phenoxy) is 1. The number of rotatable bonds is 4. The number of hydrogen-bond acceptors (Lipinski definition) is 4. The summed E-state index contributed by atoms with van der Waals surface area (Å²) in [6.07, 6.45) is 2.13. The first-order valence-corrected chi connectivity index (χ1v) is 4.94. The Morgan fingerprint density at radius 3 is 2.69 bits per heavy atom. The summed E-state index contributed by atoms with van der Waals surface area (Å²) < 4.78 is 11.0. The van der Waals surface area contributed by atoms with Crippen molar-refractivity contribution in [2.24, 2.45) is 0 Å². The number of methoxy groups -OCH3 is 1. The smallest absolute Gasteiger partial charge is 0.221 e. The molecule has 0 bridgehead atoms. The van der Waals surface area contributed by atoms with Crippen LogP contribution in [-0.4, -0.2) is 12.4 Å². The normalized spacial score (nSPS) is 10.3. The first-order chi connectivity index (χ1) is 7.78. The average Bonchev–Trinajstić information content (AvgIpc) is 2.73. The van der Waals surface area contributed by atoms with Gasteiger partial charge in [-0.25, -0.2) is 0 Å². The van der Waals surface area contributed by atoms with Crippen LogP contribution >= 0.6 is 0 Å². The van der Waals surface area contributed by atoms with Crippen LogP contribution < -0.4 is 14.5 Å². The van der Waals surface area contributed by atoms with E-state index >= 15 is 0 Å². The monoisotopic (exact) mass is 220 g/mol. The van der Waals surface area contributed by atoms with Gasteiger partial charge in [-0.1, -0.05) is 16.8 Å². The fourth-order valence-electron chi connectivity index (χ4n) is 1.40. The molecular formula is C11H12N2O3. The third-order valence-electron chi connectivity index (χ3n) is 2.28. The minimum Gasteiger partial charge on any atom is -0.539 e. The third kappa shape index (κ3) is 2.50. The molecule has 1 heterocycles. The molecule has 2 rings (SSSR count). The van der Waals surface area contributed by atoms with Gasteiger partial charge in [0.25, 0.3) is 0 Å².